The van der Waals surface area contributed by atoms with Gasteiger partial charge in [0.15, 0.2) is 0 Å². The van der Waals surface area contributed by atoms with E-state index in [0.29, 0.717) is 11.3 Å². The fourth-order valence-electron chi connectivity index (χ4n) is 3.92. The molecule has 1 aliphatic carbocycles. The van der Waals surface area contributed by atoms with Gasteiger partial charge < -0.3 is 10.1 Å². The number of hydrogen-bond acceptors (Lipinski definition) is 2. The Hall–Kier alpha value is -1.02. The van der Waals surface area contributed by atoms with Gasteiger partial charge in [-0.25, -0.2) is 0 Å². The number of benzene rings is 1. The van der Waals surface area contributed by atoms with Crippen molar-refractivity contribution >= 4 is 0 Å². The minimum absolute atomic E-state index is 0.588. The zero-order valence-electron chi connectivity index (χ0n) is 12.7. The molecule has 2 heteroatoms. The Kier molecular flexibility index (Phi) is 4.30. The van der Waals surface area contributed by atoms with Crippen molar-refractivity contribution < 1.29 is 4.74 Å². The van der Waals surface area contributed by atoms with Gasteiger partial charge in [0.2, 0.25) is 0 Å². The molecule has 3 rings (SSSR count). The monoisotopic (exact) mass is 273 g/mol. The largest absolute Gasteiger partial charge is 0.493 e. The summed E-state index contributed by atoms with van der Waals surface area (Å²) in [6.07, 6.45) is 8.15. The van der Waals surface area contributed by atoms with Crippen LogP contribution in [0.15, 0.2) is 24.3 Å². The van der Waals surface area contributed by atoms with Crippen LogP contribution in [0, 0.1) is 5.41 Å². The minimum atomic E-state index is 0.588. The van der Waals surface area contributed by atoms with E-state index in [0.717, 1.165) is 25.3 Å². The first kappa shape index (κ1) is 13.9. The smallest absolute Gasteiger partial charge is 0.122 e. The van der Waals surface area contributed by atoms with E-state index >= 15 is 0 Å². The molecule has 1 aromatic rings. The van der Waals surface area contributed by atoms with E-state index in [2.05, 4.69) is 36.5 Å². The average molecular weight is 273 g/mol. The van der Waals surface area contributed by atoms with E-state index in [9.17, 15) is 0 Å². The maximum absolute atomic E-state index is 5.75. The van der Waals surface area contributed by atoms with Gasteiger partial charge in [-0.3, -0.25) is 0 Å². The first-order valence-electron chi connectivity index (χ1n) is 8.25. The molecule has 1 aliphatic heterocycles. The highest BCUT2D eigenvalue weighted by Gasteiger charge is 2.31. The fraction of sp³-hybridized carbons (Fsp3) is 0.667. The topological polar surface area (TPSA) is 21.3 Å². The number of para-hydroxylation sites is 1. The summed E-state index contributed by atoms with van der Waals surface area (Å²) in [5, 5.41) is 3.77. The van der Waals surface area contributed by atoms with Crippen LogP contribution in [0.1, 0.15) is 56.9 Å². The number of rotatable bonds is 5. The first-order chi connectivity index (χ1) is 9.83. The summed E-state index contributed by atoms with van der Waals surface area (Å²) >= 11 is 0. The summed E-state index contributed by atoms with van der Waals surface area (Å²) in [6, 6.07) is 8.53. The Balaban J connectivity index is 1.57. The van der Waals surface area contributed by atoms with Crippen molar-refractivity contribution in [1.82, 2.24) is 5.32 Å². The van der Waals surface area contributed by atoms with Crippen LogP contribution in [0.2, 0.25) is 0 Å². The third-order valence-electron chi connectivity index (χ3n) is 5.39. The van der Waals surface area contributed by atoms with Gasteiger partial charge in [-0.2, -0.15) is 0 Å². The maximum Gasteiger partial charge on any atom is 0.122 e. The summed E-state index contributed by atoms with van der Waals surface area (Å²) in [5.41, 5.74) is 1.98. The lowest BCUT2D eigenvalue weighted by Gasteiger charge is -2.30. The molecule has 2 nitrogen and oxygen atoms in total. The molecule has 1 N–H and O–H groups in total. The molecule has 1 heterocycles. The van der Waals surface area contributed by atoms with E-state index in [1.54, 1.807) is 0 Å². The molecular formula is C18H27NO. The van der Waals surface area contributed by atoms with E-state index < -0.39 is 0 Å². The van der Waals surface area contributed by atoms with Crippen LogP contribution < -0.4 is 10.1 Å². The van der Waals surface area contributed by atoms with Crippen LogP contribution in [0.5, 0.6) is 5.75 Å². The van der Waals surface area contributed by atoms with Crippen molar-refractivity contribution in [3.63, 3.8) is 0 Å². The molecular weight excluding hydrogens is 246 g/mol. The SMILES string of the molecule is CCC1(CNCC2CCOc3ccccc32)CCCC1. The second kappa shape index (κ2) is 6.17. The summed E-state index contributed by atoms with van der Waals surface area (Å²) in [6.45, 7) is 5.52. The Morgan fingerprint density at radius 1 is 1.25 bits per heavy atom. The van der Waals surface area contributed by atoms with Crippen molar-refractivity contribution in [1.29, 1.82) is 0 Å². The first-order valence-corrected chi connectivity index (χ1v) is 8.25. The number of nitrogens with one attached hydrogen (secondary N) is 1. The number of fused-ring (bicyclic) bond motifs is 1. The van der Waals surface area contributed by atoms with Crippen molar-refractivity contribution in [3.8, 4) is 5.75 Å². The molecule has 1 fully saturated rings. The molecule has 0 saturated heterocycles. The van der Waals surface area contributed by atoms with E-state index in [4.69, 9.17) is 4.74 Å². The molecule has 1 saturated carbocycles. The summed E-state index contributed by atoms with van der Waals surface area (Å²) in [7, 11) is 0. The van der Waals surface area contributed by atoms with E-state index in [1.165, 1.54) is 44.2 Å². The van der Waals surface area contributed by atoms with Crippen LogP contribution in [0.3, 0.4) is 0 Å². The Labute approximate surface area is 122 Å². The van der Waals surface area contributed by atoms with Gasteiger partial charge in [0.25, 0.3) is 0 Å². The van der Waals surface area contributed by atoms with Crippen molar-refractivity contribution in [2.75, 3.05) is 19.7 Å². The van der Waals surface area contributed by atoms with E-state index in [-0.39, 0.29) is 0 Å². The summed E-state index contributed by atoms with van der Waals surface area (Å²) < 4.78 is 5.75. The molecule has 0 amide bonds. The molecule has 110 valence electrons. The second-order valence-corrected chi connectivity index (χ2v) is 6.56. The zero-order valence-corrected chi connectivity index (χ0v) is 12.7. The second-order valence-electron chi connectivity index (χ2n) is 6.56. The third-order valence-corrected chi connectivity index (χ3v) is 5.39. The lowest BCUT2D eigenvalue weighted by molar-refractivity contribution is 0.245. The summed E-state index contributed by atoms with van der Waals surface area (Å²) in [4.78, 5) is 0. The van der Waals surface area contributed by atoms with Gasteiger partial charge in [0.05, 0.1) is 6.61 Å². The molecule has 1 aromatic carbocycles. The zero-order chi connectivity index (χ0) is 13.8. The number of ether oxygens (including phenoxy) is 1. The molecule has 0 bridgehead atoms. The highest BCUT2D eigenvalue weighted by Crippen LogP contribution is 2.40. The quantitative estimate of drug-likeness (QED) is 0.871. The molecule has 20 heavy (non-hydrogen) atoms. The van der Waals surface area contributed by atoms with Gasteiger partial charge in [-0.15, -0.1) is 0 Å². The van der Waals surface area contributed by atoms with Gasteiger partial charge in [0, 0.05) is 19.0 Å². The van der Waals surface area contributed by atoms with Crippen LogP contribution >= 0.6 is 0 Å². The molecule has 2 aliphatic rings. The van der Waals surface area contributed by atoms with Gasteiger partial charge in [-0.05, 0) is 42.7 Å². The highest BCUT2D eigenvalue weighted by atomic mass is 16.5. The normalized spacial score (nSPS) is 24.1. The third kappa shape index (κ3) is 2.85. The van der Waals surface area contributed by atoms with Crippen molar-refractivity contribution in [3.05, 3.63) is 29.8 Å². The maximum atomic E-state index is 5.75. The fourth-order valence-corrected chi connectivity index (χ4v) is 3.92. The van der Waals surface area contributed by atoms with Crippen LogP contribution in [-0.4, -0.2) is 19.7 Å². The molecule has 0 spiro atoms. The lowest BCUT2D eigenvalue weighted by atomic mass is 9.83. The lowest BCUT2D eigenvalue weighted by Crippen LogP contribution is -2.35. The predicted octanol–water partition coefficient (Wildman–Crippen LogP) is 4.11. The Morgan fingerprint density at radius 3 is 2.85 bits per heavy atom. The highest BCUT2D eigenvalue weighted by molar-refractivity contribution is 5.37. The molecule has 1 atom stereocenters. The standard InChI is InChI=1S/C18H27NO/c1-2-18(10-5-6-11-18)14-19-13-15-9-12-20-17-8-4-3-7-16(15)17/h3-4,7-8,15,19H,2,5-6,9-14H2,1H3. The Morgan fingerprint density at radius 2 is 2.05 bits per heavy atom. The molecule has 1 unspecified atom stereocenters. The molecule has 0 radical (unpaired) electrons. The molecule has 0 aromatic heterocycles. The van der Waals surface area contributed by atoms with Gasteiger partial charge >= 0.3 is 0 Å². The summed E-state index contributed by atoms with van der Waals surface area (Å²) in [5.74, 6) is 1.71. The van der Waals surface area contributed by atoms with Crippen LogP contribution in [-0.2, 0) is 0 Å². The minimum Gasteiger partial charge on any atom is -0.493 e. The van der Waals surface area contributed by atoms with Gasteiger partial charge in [-0.1, -0.05) is 38.0 Å². The van der Waals surface area contributed by atoms with Crippen molar-refractivity contribution in [2.45, 2.75) is 51.4 Å². The Bertz CT molecular complexity index is 437. The van der Waals surface area contributed by atoms with E-state index in [1.807, 2.05) is 0 Å². The average Bonchev–Trinajstić information content (AvgIpc) is 2.97. The van der Waals surface area contributed by atoms with Crippen molar-refractivity contribution in [2.24, 2.45) is 5.41 Å². The number of hydrogen-bond donors (Lipinski definition) is 1. The predicted molar refractivity (Wildman–Crippen MR) is 83.4 cm³/mol. The van der Waals surface area contributed by atoms with Gasteiger partial charge in [0.1, 0.15) is 5.75 Å². The van der Waals surface area contributed by atoms with Crippen LogP contribution in [0.25, 0.3) is 0 Å². The van der Waals surface area contributed by atoms with Crippen LogP contribution in [0.4, 0.5) is 0 Å².